The van der Waals surface area contributed by atoms with Crippen molar-refractivity contribution in [3.05, 3.63) is 60.3 Å². The molecule has 0 radical (unpaired) electrons. The number of aromatic nitrogens is 5. The van der Waals surface area contributed by atoms with Gasteiger partial charge in [0.15, 0.2) is 11.5 Å². The maximum absolute atomic E-state index is 14.9. The van der Waals surface area contributed by atoms with Crippen LogP contribution in [0.4, 0.5) is 15.9 Å². The van der Waals surface area contributed by atoms with Gasteiger partial charge in [0, 0.05) is 49.0 Å². The number of imidazole rings is 2. The van der Waals surface area contributed by atoms with Crippen molar-refractivity contribution in [3.63, 3.8) is 0 Å². The van der Waals surface area contributed by atoms with Crippen LogP contribution in [0, 0.1) is 12.7 Å². The number of benzene rings is 1. The van der Waals surface area contributed by atoms with Gasteiger partial charge in [-0.25, -0.2) is 19.3 Å². The highest BCUT2D eigenvalue weighted by Gasteiger charge is 2.21. The van der Waals surface area contributed by atoms with Gasteiger partial charge in [-0.15, -0.1) is 0 Å². The first-order chi connectivity index (χ1) is 16.7. The topological polar surface area (TPSA) is 89.6 Å². The Kier molecular flexibility index (Phi) is 5.76. The molecule has 0 atom stereocenters. The quantitative estimate of drug-likeness (QED) is 0.480. The van der Waals surface area contributed by atoms with Crippen molar-refractivity contribution in [3.8, 4) is 11.3 Å². The summed E-state index contributed by atoms with van der Waals surface area (Å²) < 4.78 is 24.1. The van der Waals surface area contributed by atoms with E-state index in [1.165, 1.54) is 6.07 Å². The van der Waals surface area contributed by atoms with Gasteiger partial charge in [-0.05, 0) is 45.4 Å². The summed E-state index contributed by atoms with van der Waals surface area (Å²) in [6.45, 7) is 10.5. The minimum absolute atomic E-state index is 0.0707. The van der Waals surface area contributed by atoms with Crippen LogP contribution in [0.3, 0.4) is 0 Å². The smallest absolute Gasteiger partial charge is 0.275 e. The summed E-state index contributed by atoms with van der Waals surface area (Å²) in [6.07, 6.45) is 8.71. The number of halogens is 1. The standard InChI is InChI=1S/C25H28FN7O2/c1-16-11-18(26)19(30-24(34)21-14-33(15-28-21)25(2,3)4)12-17(16)20-13-32-6-5-27-22(32)23(29-20)31-7-9-35-10-8-31/h5-6,11-15H,7-10H2,1-4H3,(H,30,34). The van der Waals surface area contributed by atoms with Crippen LogP contribution < -0.4 is 10.2 Å². The number of carbonyl (C=O) groups is 1. The summed E-state index contributed by atoms with van der Waals surface area (Å²) in [5.41, 5.74) is 2.89. The molecule has 182 valence electrons. The number of morpholine rings is 1. The van der Waals surface area contributed by atoms with Crippen LogP contribution in [0.2, 0.25) is 0 Å². The molecule has 3 aromatic heterocycles. The van der Waals surface area contributed by atoms with E-state index in [0.717, 1.165) is 11.5 Å². The molecule has 9 nitrogen and oxygen atoms in total. The van der Waals surface area contributed by atoms with E-state index < -0.39 is 11.7 Å². The predicted octanol–water partition coefficient (Wildman–Crippen LogP) is 3.88. The molecule has 4 aromatic rings. The predicted molar refractivity (Wildman–Crippen MR) is 131 cm³/mol. The highest BCUT2D eigenvalue weighted by molar-refractivity contribution is 6.03. The Bertz CT molecular complexity index is 1400. The molecule has 0 saturated carbocycles. The van der Waals surface area contributed by atoms with Crippen molar-refractivity contribution in [2.24, 2.45) is 0 Å². The lowest BCUT2D eigenvalue weighted by Crippen LogP contribution is -2.37. The maximum Gasteiger partial charge on any atom is 0.275 e. The maximum atomic E-state index is 14.9. The van der Waals surface area contributed by atoms with Gasteiger partial charge in [0.2, 0.25) is 0 Å². The van der Waals surface area contributed by atoms with Gasteiger partial charge in [0.25, 0.3) is 5.91 Å². The molecule has 0 spiro atoms. The molecule has 1 aliphatic heterocycles. The summed E-state index contributed by atoms with van der Waals surface area (Å²) in [4.78, 5) is 28.5. The van der Waals surface area contributed by atoms with Crippen LogP contribution in [-0.2, 0) is 10.3 Å². The zero-order valence-electron chi connectivity index (χ0n) is 20.2. The number of aryl methyl sites for hydroxylation is 1. The number of hydrogen-bond acceptors (Lipinski definition) is 6. The van der Waals surface area contributed by atoms with E-state index in [2.05, 4.69) is 20.2 Å². The van der Waals surface area contributed by atoms with Gasteiger partial charge in [-0.1, -0.05) is 0 Å². The van der Waals surface area contributed by atoms with E-state index >= 15 is 0 Å². The molecule has 5 rings (SSSR count). The molecule has 1 amide bonds. The highest BCUT2D eigenvalue weighted by Crippen LogP contribution is 2.31. The lowest BCUT2D eigenvalue weighted by atomic mass is 10.0. The van der Waals surface area contributed by atoms with Crippen molar-refractivity contribution in [1.82, 2.24) is 23.9 Å². The minimum Gasteiger partial charge on any atom is -0.378 e. The molecular weight excluding hydrogens is 449 g/mol. The molecule has 1 aliphatic rings. The molecule has 1 aromatic carbocycles. The Balaban J connectivity index is 1.51. The average molecular weight is 478 g/mol. The second kappa shape index (κ2) is 8.77. The van der Waals surface area contributed by atoms with Gasteiger partial charge in [-0.2, -0.15) is 0 Å². The fourth-order valence-electron chi connectivity index (χ4n) is 4.07. The largest absolute Gasteiger partial charge is 0.378 e. The SMILES string of the molecule is Cc1cc(F)c(NC(=O)c2cn(C(C)(C)C)cn2)cc1-c1cn2ccnc2c(N2CCOCC2)n1. The number of nitrogens with zero attached hydrogens (tertiary/aromatic N) is 6. The summed E-state index contributed by atoms with van der Waals surface area (Å²) >= 11 is 0. The van der Waals surface area contributed by atoms with Gasteiger partial charge >= 0.3 is 0 Å². The Morgan fingerprint density at radius 1 is 1.14 bits per heavy atom. The van der Waals surface area contributed by atoms with Crippen LogP contribution in [-0.4, -0.2) is 56.1 Å². The summed E-state index contributed by atoms with van der Waals surface area (Å²) in [5, 5.41) is 2.68. The fourth-order valence-corrected chi connectivity index (χ4v) is 4.07. The normalized spacial score (nSPS) is 14.5. The number of anilines is 2. The molecule has 4 heterocycles. The second-order valence-corrected chi connectivity index (χ2v) is 9.65. The van der Waals surface area contributed by atoms with Gasteiger partial charge in [0.1, 0.15) is 11.5 Å². The van der Waals surface area contributed by atoms with Gasteiger partial charge < -0.3 is 23.9 Å². The zero-order chi connectivity index (χ0) is 24.7. The molecule has 0 aliphatic carbocycles. The monoisotopic (exact) mass is 477 g/mol. The first kappa shape index (κ1) is 23.0. The van der Waals surface area contributed by atoms with Crippen LogP contribution in [0.1, 0.15) is 36.8 Å². The Morgan fingerprint density at radius 3 is 2.63 bits per heavy atom. The Hall–Kier alpha value is -3.79. The molecule has 1 fully saturated rings. The summed E-state index contributed by atoms with van der Waals surface area (Å²) in [7, 11) is 0. The van der Waals surface area contributed by atoms with Crippen LogP contribution in [0.25, 0.3) is 16.9 Å². The van der Waals surface area contributed by atoms with E-state index in [9.17, 15) is 9.18 Å². The van der Waals surface area contributed by atoms with Crippen molar-refractivity contribution >= 4 is 23.1 Å². The summed E-state index contributed by atoms with van der Waals surface area (Å²) in [6, 6.07) is 3.03. The molecule has 1 saturated heterocycles. The third-order valence-corrected chi connectivity index (χ3v) is 6.10. The third-order valence-electron chi connectivity index (χ3n) is 6.10. The number of hydrogen-bond donors (Lipinski definition) is 1. The zero-order valence-corrected chi connectivity index (χ0v) is 20.2. The van der Waals surface area contributed by atoms with Crippen LogP contribution in [0.5, 0.6) is 0 Å². The molecule has 0 bridgehead atoms. The minimum atomic E-state index is -0.521. The van der Waals surface area contributed by atoms with Crippen molar-refractivity contribution in [2.45, 2.75) is 33.2 Å². The van der Waals surface area contributed by atoms with E-state index in [1.54, 1.807) is 24.8 Å². The van der Waals surface area contributed by atoms with Crippen molar-refractivity contribution in [1.29, 1.82) is 0 Å². The molecular formula is C25H28FN7O2. The average Bonchev–Trinajstić information content (AvgIpc) is 3.50. The van der Waals surface area contributed by atoms with E-state index in [4.69, 9.17) is 9.72 Å². The number of fused-ring (bicyclic) bond motifs is 1. The molecule has 1 N–H and O–H groups in total. The van der Waals surface area contributed by atoms with Crippen molar-refractivity contribution in [2.75, 3.05) is 36.5 Å². The summed E-state index contributed by atoms with van der Waals surface area (Å²) in [5.74, 6) is -0.251. The van der Waals surface area contributed by atoms with Gasteiger partial charge in [-0.3, -0.25) is 4.79 Å². The van der Waals surface area contributed by atoms with E-state index in [-0.39, 0.29) is 16.9 Å². The molecule has 0 unspecified atom stereocenters. The number of amides is 1. The first-order valence-electron chi connectivity index (χ1n) is 11.5. The number of carbonyl (C=O) groups excluding carboxylic acids is 1. The van der Waals surface area contributed by atoms with Crippen LogP contribution in [0.15, 0.2) is 43.2 Å². The molecule has 10 heteroatoms. The fraction of sp³-hybridized carbons (Fsp3) is 0.360. The highest BCUT2D eigenvalue weighted by atomic mass is 19.1. The first-order valence-corrected chi connectivity index (χ1v) is 11.5. The lowest BCUT2D eigenvalue weighted by Gasteiger charge is -2.28. The Labute approximate surface area is 202 Å². The molecule has 35 heavy (non-hydrogen) atoms. The Morgan fingerprint density at radius 2 is 1.91 bits per heavy atom. The second-order valence-electron chi connectivity index (χ2n) is 9.65. The van der Waals surface area contributed by atoms with E-state index in [0.29, 0.717) is 43.1 Å². The van der Waals surface area contributed by atoms with Gasteiger partial charge in [0.05, 0.1) is 30.9 Å². The van der Waals surface area contributed by atoms with E-state index in [1.807, 2.05) is 49.1 Å². The number of nitrogens with one attached hydrogen (secondary N) is 1. The van der Waals surface area contributed by atoms with Crippen molar-refractivity contribution < 1.29 is 13.9 Å². The van der Waals surface area contributed by atoms with Crippen LogP contribution >= 0.6 is 0 Å². The number of rotatable bonds is 4. The lowest BCUT2D eigenvalue weighted by molar-refractivity contribution is 0.102. The third kappa shape index (κ3) is 4.49. The number of ether oxygens (including phenoxy) is 1.